The van der Waals surface area contributed by atoms with Crippen molar-refractivity contribution in [1.29, 1.82) is 0 Å². The zero-order valence-corrected chi connectivity index (χ0v) is 7.53. The summed E-state index contributed by atoms with van der Waals surface area (Å²) in [7, 11) is 0. The monoisotopic (exact) mass is 196 g/mol. The van der Waals surface area contributed by atoms with Gasteiger partial charge in [-0.25, -0.2) is 0 Å². The minimum absolute atomic E-state index is 0.102. The molecule has 0 aromatic rings. The maximum atomic E-state index is 10.4. The molecule has 64 valence electrons. The van der Waals surface area contributed by atoms with Crippen LogP contribution in [0.3, 0.4) is 0 Å². The number of rotatable bonds is 3. The quantitative estimate of drug-likeness (QED) is 0.705. The molecular weight excluding hydrogens is 187 g/mol. The lowest BCUT2D eigenvalue weighted by Crippen LogP contribution is -2.37. The molecule has 0 saturated heterocycles. The van der Waals surface area contributed by atoms with Gasteiger partial charge in [0.05, 0.1) is 6.42 Å². The third-order valence-electron chi connectivity index (χ3n) is 2.32. The molecule has 11 heavy (non-hydrogen) atoms. The van der Waals surface area contributed by atoms with Gasteiger partial charge in [-0.05, 0) is 12.8 Å². The first-order valence-electron chi connectivity index (χ1n) is 3.57. The third-order valence-corrected chi connectivity index (χ3v) is 3.24. The Hall–Kier alpha value is 0.0500. The summed E-state index contributed by atoms with van der Waals surface area (Å²) >= 11 is 11.4. The van der Waals surface area contributed by atoms with Crippen LogP contribution >= 0.6 is 23.2 Å². The molecule has 0 aromatic heterocycles. The van der Waals surface area contributed by atoms with Gasteiger partial charge in [0.25, 0.3) is 0 Å². The zero-order chi connectivity index (χ0) is 8.48. The number of carbonyl (C=O) groups is 1. The van der Waals surface area contributed by atoms with Crippen LogP contribution in [0.25, 0.3) is 0 Å². The first-order chi connectivity index (χ1) is 5.07. The minimum atomic E-state index is -0.809. The summed E-state index contributed by atoms with van der Waals surface area (Å²) in [5.74, 6) is -0.809. The fourth-order valence-corrected chi connectivity index (χ4v) is 1.99. The van der Waals surface area contributed by atoms with Crippen LogP contribution in [0.4, 0.5) is 0 Å². The third kappa shape index (κ3) is 1.79. The normalized spacial score (nSPS) is 21.4. The van der Waals surface area contributed by atoms with E-state index in [0.29, 0.717) is 0 Å². The van der Waals surface area contributed by atoms with E-state index in [1.165, 1.54) is 0 Å². The lowest BCUT2D eigenvalue weighted by Gasteiger charge is -2.41. The molecule has 2 nitrogen and oxygen atoms in total. The van der Waals surface area contributed by atoms with E-state index in [2.05, 4.69) is 0 Å². The molecule has 1 rings (SSSR count). The summed E-state index contributed by atoms with van der Waals surface area (Å²) in [6.45, 7) is 0. The summed E-state index contributed by atoms with van der Waals surface area (Å²) in [4.78, 5) is 9.86. The Morgan fingerprint density at radius 2 is 2.09 bits per heavy atom. The second-order valence-corrected chi connectivity index (χ2v) is 4.18. The van der Waals surface area contributed by atoms with Gasteiger partial charge in [0.1, 0.15) is 4.84 Å². The van der Waals surface area contributed by atoms with Crippen molar-refractivity contribution >= 4 is 29.2 Å². The van der Waals surface area contributed by atoms with Crippen molar-refractivity contribution < 1.29 is 9.90 Å². The molecule has 1 fully saturated rings. The molecule has 1 aliphatic rings. The molecule has 0 radical (unpaired) electrons. The van der Waals surface area contributed by atoms with Crippen LogP contribution in [0.5, 0.6) is 0 Å². The summed E-state index contributed by atoms with van der Waals surface area (Å²) < 4.78 is 0. The highest BCUT2D eigenvalue weighted by atomic mass is 35.5. The van der Waals surface area contributed by atoms with Gasteiger partial charge in [0, 0.05) is 5.41 Å². The van der Waals surface area contributed by atoms with Crippen molar-refractivity contribution in [2.45, 2.75) is 30.5 Å². The molecule has 0 aliphatic heterocycles. The lowest BCUT2D eigenvalue weighted by atomic mass is 9.68. The first-order valence-corrected chi connectivity index (χ1v) is 4.44. The van der Waals surface area contributed by atoms with Crippen LogP contribution in [0.2, 0.25) is 0 Å². The Labute approximate surface area is 75.5 Å². The number of aliphatic carboxylic acids is 1. The maximum absolute atomic E-state index is 10.4. The maximum Gasteiger partial charge on any atom is 0.304 e. The van der Waals surface area contributed by atoms with Crippen molar-refractivity contribution in [3.05, 3.63) is 0 Å². The van der Waals surface area contributed by atoms with Crippen LogP contribution < -0.4 is 0 Å². The van der Waals surface area contributed by atoms with Gasteiger partial charge in [-0.15, -0.1) is 23.2 Å². The highest BCUT2D eigenvalue weighted by Crippen LogP contribution is 2.50. The number of alkyl halides is 2. The van der Waals surface area contributed by atoms with E-state index < -0.39 is 10.8 Å². The van der Waals surface area contributed by atoms with Crippen molar-refractivity contribution in [1.82, 2.24) is 0 Å². The van der Waals surface area contributed by atoms with Crippen LogP contribution in [0.15, 0.2) is 0 Å². The van der Waals surface area contributed by atoms with E-state index in [1.54, 1.807) is 0 Å². The first kappa shape index (κ1) is 9.14. The van der Waals surface area contributed by atoms with Gasteiger partial charge in [0.2, 0.25) is 0 Å². The average molecular weight is 197 g/mol. The molecule has 0 unspecified atom stereocenters. The SMILES string of the molecule is O=C(O)CC1(C(Cl)Cl)CCC1. The van der Waals surface area contributed by atoms with Crippen LogP contribution in [0, 0.1) is 5.41 Å². The van der Waals surface area contributed by atoms with Crippen LogP contribution in [0.1, 0.15) is 25.7 Å². The molecule has 0 bridgehead atoms. The Kier molecular flexibility index (Phi) is 2.66. The van der Waals surface area contributed by atoms with E-state index >= 15 is 0 Å². The molecular formula is C7H10Cl2O2. The topological polar surface area (TPSA) is 37.3 Å². The molecule has 0 spiro atoms. The Morgan fingerprint density at radius 1 is 1.55 bits per heavy atom. The minimum Gasteiger partial charge on any atom is -0.481 e. The Morgan fingerprint density at radius 3 is 2.18 bits per heavy atom. The van der Waals surface area contributed by atoms with Gasteiger partial charge in [0.15, 0.2) is 0 Å². The van der Waals surface area contributed by atoms with E-state index in [4.69, 9.17) is 28.3 Å². The number of carboxylic acids is 1. The van der Waals surface area contributed by atoms with Crippen LogP contribution in [-0.2, 0) is 4.79 Å². The molecule has 1 N–H and O–H groups in total. The Bertz CT molecular complexity index is 164. The van der Waals surface area contributed by atoms with Gasteiger partial charge >= 0.3 is 5.97 Å². The molecule has 0 amide bonds. The zero-order valence-electron chi connectivity index (χ0n) is 6.02. The largest absolute Gasteiger partial charge is 0.481 e. The van der Waals surface area contributed by atoms with E-state index in [0.717, 1.165) is 19.3 Å². The van der Waals surface area contributed by atoms with Crippen molar-refractivity contribution in [2.75, 3.05) is 0 Å². The number of carboxylic acid groups (broad SMARTS) is 1. The number of hydrogen-bond donors (Lipinski definition) is 1. The van der Waals surface area contributed by atoms with Crippen molar-refractivity contribution in [2.24, 2.45) is 5.41 Å². The van der Waals surface area contributed by atoms with E-state index in [9.17, 15) is 4.79 Å². The van der Waals surface area contributed by atoms with E-state index in [1.807, 2.05) is 0 Å². The molecule has 0 atom stereocenters. The van der Waals surface area contributed by atoms with E-state index in [-0.39, 0.29) is 11.8 Å². The van der Waals surface area contributed by atoms with Gasteiger partial charge in [-0.1, -0.05) is 6.42 Å². The number of hydrogen-bond acceptors (Lipinski definition) is 1. The van der Waals surface area contributed by atoms with Gasteiger partial charge in [-0.2, -0.15) is 0 Å². The smallest absolute Gasteiger partial charge is 0.304 e. The lowest BCUT2D eigenvalue weighted by molar-refractivity contribution is -0.141. The highest BCUT2D eigenvalue weighted by molar-refractivity contribution is 6.44. The van der Waals surface area contributed by atoms with Crippen molar-refractivity contribution in [3.8, 4) is 0 Å². The Balaban J connectivity index is 2.53. The summed E-state index contributed by atoms with van der Waals surface area (Å²) in [6, 6.07) is 0. The molecule has 1 saturated carbocycles. The van der Waals surface area contributed by atoms with Gasteiger partial charge < -0.3 is 5.11 Å². The summed E-state index contributed by atoms with van der Waals surface area (Å²) in [6.07, 6.45) is 2.84. The fourth-order valence-electron chi connectivity index (χ4n) is 1.40. The molecule has 1 aliphatic carbocycles. The average Bonchev–Trinajstić information content (AvgIpc) is 1.77. The van der Waals surface area contributed by atoms with Gasteiger partial charge in [-0.3, -0.25) is 4.79 Å². The molecule has 0 heterocycles. The predicted octanol–water partition coefficient (Wildman–Crippen LogP) is 2.44. The van der Waals surface area contributed by atoms with Crippen LogP contribution in [-0.4, -0.2) is 15.9 Å². The molecule has 4 heteroatoms. The second-order valence-electron chi connectivity index (χ2n) is 3.09. The highest BCUT2D eigenvalue weighted by Gasteiger charge is 2.44. The summed E-state index contributed by atoms with van der Waals surface area (Å²) in [5, 5.41) is 8.55. The second kappa shape index (κ2) is 3.20. The van der Waals surface area contributed by atoms with Crippen molar-refractivity contribution in [3.63, 3.8) is 0 Å². The molecule has 0 aromatic carbocycles. The summed E-state index contributed by atoms with van der Waals surface area (Å²) in [5.41, 5.74) is -0.324. The number of halogens is 2. The predicted molar refractivity (Wildman–Crippen MR) is 44.0 cm³/mol. The standard InChI is InChI=1S/C7H10Cl2O2/c8-6(9)7(2-1-3-7)4-5(10)11/h6H,1-4H2,(H,10,11). The fraction of sp³-hybridized carbons (Fsp3) is 0.857.